The molecule has 0 aliphatic carbocycles. The first-order valence-corrected chi connectivity index (χ1v) is 7.87. The summed E-state index contributed by atoms with van der Waals surface area (Å²) in [6.45, 7) is 7.94. The summed E-state index contributed by atoms with van der Waals surface area (Å²) in [5.41, 5.74) is 1.46. The Balaban J connectivity index is 1.98. The minimum atomic E-state index is -0.558. The maximum absolute atomic E-state index is 12.1. The van der Waals surface area contributed by atoms with E-state index >= 15 is 0 Å². The van der Waals surface area contributed by atoms with Crippen molar-refractivity contribution in [2.24, 2.45) is 5.41 Å². The number of hydrogen-bond donors (Lipinski definition) is 1. The Morgan fingerprint density at radius 1 is 1.19 bits per heavy atom. The van der Waals surface area contributed by atoms with Crippen LogP contribution in [0.5, 0.6) is 0 Å². The van der Waals surface area contributed by atoms with Gasteiger partial charge in [0.15, 0.2) is 0 Å². The quantitative estimate of drug-likeness (QED) is 0.869. The number of likely N-dealkylation sites (N-methyl/N-ethyl adjacent to an activating group) is 1. The normalized spacial score (nSPS) is 16.9. The molecule has 116 valence electrons. The minimum absolute atomic E-state index is 0.0511. The molecule has 1 aliphatic rings. The lowest BCUT2D eigenvalue weighted by Crippen LogP contribution is -2.44. The highest BCUT2D eigenvalue weighted by atomic mass is 35.5. The van der Waals surface area contributed by atoms with E-state index < -0.39 is 5.41 Å². The number of benzene rings is 1. The van der Waals surface area contributed by atoms with E-state index in [-0.39, 0.29) is 5.91 Å². The maximum atomic E-state index is 12.1. The largest absolute Gasteiger partial charge is 0.369 e. The van der Waals surface area contributed by atoms with Crippen molar-refractivity contribution in [3.8, 4) is 0 Å². The van der Waals surface area contributed by atoms with Crippen molar-refractivity contribution in [3.63, 3.8) is 0 Å². The molecule has 1 saturated heterocycles. The summed E-state index contributed by atoms with van der Waals surface area (Å²) in [5, 5.41) is 2.92. The highest BCUT2D eigenvalue weighted by Crippen LogP contribution is 2.23. The van der Waals surface area contributed by atoms with Gasteiger partial charge in [0, 0.05) is 43.4 Å². The third-order valence-electron chi connectivity index (χ3n) is 3.94. The zero-order chi connectivity index (χ0) is 15.5. The molecule has 0 radical (unpaired) electrons. The van der Waals surface area contributed by atoms with Crippen LogP contribution >= 0.6 is 11.6 Å². The van der Waals surface area contributed by atoms with Gasteiger partial charge in [-0.3, -0.25) is 4.79 Å². The summed E-state index contributed by atoms with van der Waals surface area (Å²) in [5.74, 6) is 0.253. The number of nitrogens with zero attached hydrogens (tertiary/aromatic N) is 2. The molecule has 0 unspecified atom stereocenters. The first-order chi connectivity index (χ1) is 9.92. The molecule has 1 aromatic rings. The average Bonchev–Trinajstić information content (AvgIpc) is 2.49. The lowest BCUT2D eigenvalue weighted by molar-refractivity contribution is -0.122. The molecule has 4 nitrogen and oxygen atoms in total. The van der Waals surface area contributed by atoms with E-state index in [2.05, 4.69) is 34.3 Å². The van der Waals surface area contributed by atoms with E-state index in [0.29, 0.717) is 5.88 Å². The molecule has 0 spiro atoms. The summed E-state index contributed by atoms with van der Waals surface area (Å²) in [7, 11) is 2.15. The van der Waals surface area contributed by atoms with Crippen LogP contribution in [0, 0.1) is 5.41 Å². The van der Waals surface area contributed by atoms with E-state index in [4.69, 9.17) is 11.6 Å². The predicted molar refractivity (Wildman–Crippen MR) is 89.3 cm³/mol. The van der Waals surface area contributed by atoms with Crippen molar-refractivity contribution >= 4 is 28.9 Å². The molecule has 21 heavy (non-hydrogen) atoms. The second-order valence-electron chi connectivity index (χ2n) is 6.31. The van der Waals surface area contributed by atoms with Crippen LogP contribution in [0.4, 0.5) is 11.4 Å². The monoisotopic (exact) mass is 309 g/mol. The summed E-state index contributed by atoms with van der Waals surface area (Å²) in [4.78, 5) is 16.8. The average molecular weight is 310 g/mol. The Kier molecular flexibility index (Phi) is 5.12. The van der Waals surface area contributed by atoms with E-state index in [1.807, 2.05) is 26.0 Å². The number of anilines is 2. The summed E-state index contributed by atoms with van der Waals surface area (Å²) in [6.07, 6.45) is 0. The van der Waals surface area contributed by atoms with E-state index in [9.17, 15) is 4.79 Å². The van der Waals surface area contributed by atoms with Gasteiger partial charge in [-0.1, -0.05) is 0 Å². The topological polar surface area (TPSA) is 35.6 Å². The molecule has 1 heterocycles. The van der Waals surface area contributed by atoms with Gasteiger partial charge >= 0.3 is 0 Å². The minimum Gasteiger partial charge on any atom is -0.369 e. The smallest absolute Gasteiger partial charge is 0.231 e. The molecule has 2 rings (SSSR count). The fourth-order valence-electron chi connectivity index (χ4n) is 2.18. The van der Waals surface area contributed by atoms with Crippen LogP contribution in [0.3, 0.4) is 0 Å². The molecular weight excluding hydrogens is 286 g/mol. The number of rotatable bonds is 4. The van der Waals surface area contributed by atoms with Crippen molar-refractivity contribution in [2.45, 2.75) is 13.8 Å². The lowest BCUT2D eigenvalue weighted by Gasteiger charge is -2.34. The number of carbonyl (C=O) groups excluding carboxylic acids is 1. The molecule has 1 amide bonds. The van der Waals surface area contributed by atoms with Crippen LogP contribution in [0.25, 0.3) is 0 Å². The van der Waals surface area contributed by atoms with E-state index in [1.165, 1.54) is 5.69 Å². The Morgan fingerprint density at radius 2 is 1.76 bits per heavy atom. The summed E-state index contributed by atoms with van der Waals surface area (Å²) < 4.78 is 0. The van der Waals surface area contributed by atoms with Crippen molar-refractivity contribution in [1.29, 1.82) is 0 Å². The van der Waals surface area contributed by atoms with Crippen LogP contribution in [-0.2, 0) is 4.79 Å². The first kappa shape index (κ1) is 16.1. The number of nitrogens with one attached hydrogen (secondary N) is 1. The van der Waals surface area contributed by atoms with Crippen LogP contribution in [0.2, 0.25) is 0 Å². The number of alkyl halides is 1. The van der Waals surface area contributed by atoms with Gasteiger partial charge in [-0.2, -0.15) is 0 Å². The Morgan fingerprint density at radius 3 is 2.29 bits per heavy atom. The fourth-order valence-corrected chi connectivity index (χ4v) is 2.30. The van der Waals surface area contributed by atoms with Crippen molar-refractivity contribution in [3.05, 3.63) is 24.3 Å². The van der Waals surface area contributed by atoms with Crippen molar-refractivity contribution in [1.82, 2.24) is 4.90 Å². The molecule has 0 saturated carbocycles. The van der Waals surface area contributed by atoms with Crippen LogP contribution < -0.4 is 10.2 Å². The number of halogens is 1. The highest BCUT2D eigenvalue weighted by molar-refractivity contribution is 6.20. The van der Waals surface area contributed by atoms with Gasteiger partial charge < -0.3 is 15.1 Å². The maximum Gasteiger partial charge on any atom is 0.231 e. The Labute approximate surface area is 132 Å². The Hall–Kier alpha value is -1.26. The molecule has 1 aliphatic heterocycles. The first-order valence-electron chi connectivity index (χ1n) is 7.33. The Bertz CT molecular complexity index is 479. The third kappa shape index (κ3) is 4.11. The van der Waals surface area contributed by atoms with Gasteiger partial charge in [-0.25, -0.2) is 0 Å². The predicted octanol–water partition coefficient (Wildman–Crippen LogP) is 2.64. The number of carbonyl (C=O) groups is 1. The molecular formula is C16H24ClN3O. The van der Waals surface area contributed by atoms with Gasteiger partial charge in [-0.15, -0.1) is 11.6 Å². The zero-order valence-corrected chi connectivity index (χ0v) is 13.8. The van der Waals surface area contributed by atoms with Crippen molar-refractivity contribution < 1.29 is 4.79 Å². The summed E-state index contributed by atoms with van der Waals surface area (Å²) >= 11 is 5.82. The molecule has 0 bridgehead atoms. The lowest BCUT2D eigenvalue weighted by atomic mass is 9.95. The molecule has 0 atom stereocenters. The van der Waals surface area contributed by atoms with Crippen LogP contribution in [-0.4, -0.2) is 49.9 Å². The SMILES string of the molecule is CN1CCN(c2ccc(NC(=O)C(C)(C)CCl)cc2)CC1. The zero-order valence-electron chi connectivity index (χ0n) is 13.0. The molecule has 5 heteroatoms. The van der Waals surface area contributed by atoms with Gasteiger partial charge in [0.1, 0.15) is 0 Å². The van der Waals surface area contributed by atoms with Gasteiger partial charge in [0.05, 0.1) is 5.41 Å². The molecule has 1 aromatic carbocycles. The van der Waals surface area contributed by atoms with E-state index in [1.54, 1.807) is 0 Å². The molecule has 0 aromatic heterocycles. The second-order valence-corrected chi connectivity index (χ2v) is 6.58. The third-order valence-corrected chi connectivity index (χ3v) is 4.61. The number of hydrogen-bond acceptors (Lipinski definition) is 3. The number of amides is 1. The second kappa shape index (κ2) is 6.67. The molecule has 1 N–H and O–H groups in total. The van der Waals surface area contributed by atoms with Gasteiger partial charge in [0.2, 0.25) is 5.91 Å². The number of piperazine rings is 1. The standard InChI is InChI=1S/C16H24ClN3O/c1-16(2,12-17)15(21)18-13-4-6-14(7-5-13)20-10-8-19(3)9-11-20/h4-7H,8-12H2,1-3H3,(H,18,21). The van der Waals surface area contributed by atoms with Crippen molar-refractivity contribution in [2.75, 3.05) is 49.3 Å². The van der Waals surface area contributed by atoms with Gasteiger partial charge in [0.25, 0.3) is 0 Å². The molecule has 1 fully saturated rings. The van der Waals surface area contributed by atoms with Crippen LogP contribution in [0.15, 0.2) is 24.3 Å². The summed E-state index contributed by atoms with van der Waals surface area (Å²) in [6, 6.07) is 8.04. The van der Waals surface area contributed by atoms with Gasteiger partial charge in [-0.05, 0) is 45.2 Å². The highest BCUT2D eigenvalue weighted by Gasteiger charge is 2.26. The van der Waals surface area contributed by atoms with E-state index in [0.717, 1.165) is 31.9 Å². The van der Waals surface area contributed by atoms with Crippen LogP contribution in [0.1, 0.15) is 13.8 Å². The fraction of sp³-hybridized carbons (Fsp3) is 0.562.